The Morgan fingerprint density at radius 1 is 0.673 bits per heavy atom. The van der Waals surface area contributed by atoms with Crippen LogP contribution in [0.4, 0.5) is 11.4 Å². The maximum Gasteiger partial charge on any atom is 0.163 e. The number of azo groups is 1. The Bertz CT molecular complexity index is 1310. The first-order valence-corrected chi connectivity index (χ1v) is 18.5. The highest BCUT2D eigenvalue weighted by molar-refractivity contribution is 5.58. The first-order valence-electron chi connectivity index (χ1n) is 18.5. The quantitative estimate of drug-likeness (QED) is 0.117. The fraction of sp³-hybridized carbons (Fsp3) is 0.692. The predicted octanol–water partition coefficient (Wildman–Crippen LogP) is 7.10. The number of hydrogen-bond acceptors (Lipinski definition) is 13. The number of ether oxygens (including phenoxy) is 10. The van der Waals surface area contributed by atoms with Gasteiger partial charge in [0.15, 0.2) is 23.0 Å². The Morgan fingerprint density at radius 3 is 2.06 bits per heavy atom. The van der Waals surface area contributed by atoms with Crippen molar-refractivity contribution in [1.82, 2.24) is 0 Å². The minimum atomic E-state index is -0.279. The Balaban J connectivity index is 1.80. The second kappa shape index (κ2) is 24.3. The summed E-state index contributed by atoms with van der Waals surface area (Å²) in [5.41, 5.74) is 1.02. The lowest BCUT2D eigenvalue weighted by molar-refractivity contribution is -0.0163. The van der Waals surface area contributed by atoms with Gasteiger partial charge in [-0.3, -0.25) is 0 Å². The van der Waals surface area contributed by atoms with Crippen LogP contribution >= 0.6 is 0 Å². The number of aliphatic hydroxyl groups excluding tert-OH is 1. The Morgan fingerprint density at radius 2 is 1.33 bits per heavy atom. The van der Waals surface area contributed by atoms with Gasteiger partial charge in [-0.25, -0.2) is 0 Å². The van der Waals surface area contributed by atoms with Crippen molar-refractivity contribution >= 4 is 11.4 Å². The standard InChI is InChI=1S/C39H62N2O11/c1-7-11-43-13-14-45-19-21-49-36-24-32(9-10-34(36)51-29-38(3,4)27-47-12-8-2)40-41-33-25-37-35(23-31(33)26-42)52-30-39(5,6)28-48-18-17-44-15-16-46-20-22-50-37/h9-10,23-25,42H,7-8,11-22,26-30H2,1-6H3. The zero-order valence-electron chi connectivity index (χ0n) is 32.2. The molecule has 0 bridgehead atoms. The lowest BCUT2D eigenvalue weighted by Gasteiger charge is -2.26. The van der Waals surface area contributed by atoms with E-state index in [1.54, 1.807) is 24.3 Å². The number of nitrogens with zero attached hydrogens (tertiary/aromatic N) is 2. The van der Waals surface area contributed by atoms with Gasteiger partial charge in [-0.1, -0.05) is 41.5 Å². The number of hydrogen-bond donors (Lipinski definition) is 1. The van der Waals surface area contributed by atoms with E-state index in [-0.39, 0.29) is 24.0 Å². The van der Waals surface area contributed by atoms with Crippen LogP contribution in [0.15, 0.2) is 40.6 Å². The molecule has 1 heterocycles. The molecular formula is C39H62N2O11. The fourth-order valence-corrected chi connectivity index (χ4v) is 4.74. The van der Waals surface area contributed by atoms with E-state index in [0.717, 1.165) is 12.8 Å². The van der Waals surface area contributed by atoms with Crippen molar-refractivity contribution in [3.63, 3.8) is 0 Å². The smallest absolute Gasteiger partial charge is 0.163 e. The van der Waals surface area contributed by atoms with E-state index in [1.165, 1.54) is 0 Å². The lowest BCUT2D eigenvalue weighted by atomic mass is 9.96. The monoisotopic (exact) mass is 734 g/mol. The third-order valence-corrected chi connectivity index (χ3v) is 7.52. The second-order valence-electron chi connectivity index (χ2n) is 14.1. The average Bonchev–Trinajstić information content (AvgIpc) is 3.12. The van der Waals surface area contributed by atoms with Gasteiger partial charge in [0.2, 0.25) is 0 Å². The van der Waals surface area contributed by atoms with Crippen molar-refractivity contribution < 1.29 is 52.5 Å². The van der Waals surface area contributed by atoms with E-state index in [4.69, 9.17) is 47.4 Å². The molecule has 3 rings (SSSR count). The van der Waals surface area contributed by atoms with E-state index in [0.29, 0.717) is 139 Å². The molecule has 0 amide bonds. The predicted molar refractivity (Wildman–Crippen MR) is 198 cm³/mol. The highest BCUT2D eigenvalue weighted by atomic mass is 16.6. The minimum Gasteiger partial charge on any atom is -0.489 e. The van der Waals surface area contributed by atoms with E-state index in [1.807, 2.05) is 6.07 Å². The summed E-state index contributed by atoms with van der Waals surface area (Å²) in [5, 5.41) is 19.3. The third kappa shape index (κ3) is 17.2. The molecule has 0 spiro atoms. The van der Waals surface area contributed by atoms with E-state index in [2.05, 4.69) is 51.8 Å². The molecule has 0 radical (unpaired) electrons. The number of rotatable bonds is 19. The van der Waals surface area contributed by atoms with E-state index < -0.39 is 0 Å². The van der Waals surface area contributed by atoms with Crippen molar-refractivity contribution in [2.45, 2.75) is 61.0 Å². The topological polar surface area (TPSA) is 137 Å². The van der Waals surface area contributed by atoms with E-state index >= 15 is 0 Å². The van der Waals surface area contributed by atoms with Crippen molar-refractivity contribution in [3.05, 3.63) is 35.9 Å². The number of fused-ring (bicyclic) bond motifs is 1. The van der Waals surface area contributed by atoms with Gasteiger partial charge in [-0.2, -0.15) is 10.2 Å². The highest BCUT2D eigenvalue weighted by Gasteiger charge is 2.23. The molecular weight excluding hydrogens is 672 g/mol. The van der Waals surface area contributed by atoms with Gasteiger partial charge in [-0.15, -0.1) is 0 Å². The van der Waals surface area contributed by atoms with Crippen LogP contribution in [-0.2, 0) is 35.0 Å². The van der Waals surface area contributed by atoms with Gasteiger partial charge >= 0.3 is 0 Å². The van der Waals surface area contributed by atoms with E-state index in [9.17, 15) is 5.11 Å². The van der Waals surface area contributed by atoms with Crippen molar-refractivity contribution in [2.75, 3.05) is 106 Å². The molecule has 13 heteroatoms. The molecule has 2 aromatic rings. The molecule has 13 nitrogen and oxygen atoms in total. The maximum absolute atomic E-state index is 10.3. The zero-order valence-corrected chi connectivity index (χ0v) is 32.2. The van der Waals surface area contributed by atoms with Crippen LogP contribution in [0, 0.1) is 10.8 Å². The summed E-state index contributed by atoms with van der Waals surface area (Å²) in [6.07, 6.45) is 1.93. The molecule has 1 aliphatic rings. The van der Waals surface area contributed by atoms with Crippen LogP contribution in [0.25, 0.3) is 0 Å². The SMILES string of the molecule is CCCOCCOCCOc1cc(N=Nc2cc3c(cc2CO)OCC(C)(C)COCCOCCOCCO3)ccc1OCC(C)(C)COCCC. The Labute approximate surface area is 310 Å². The third-order valence-electron chi connectivity index (χ3n) is 7.52. The summed E-state index contributed by atoms with van der Waals surface area (Å²) in [4.78, 5) is 0. The zero-order chi connectivity index (χ0) is 37.5. The Hall–Kier alpha value is -3.04. The van der Waals surface area contributed by atoms with Crippen molar-refractivity contribution in [2.24, 2.45) is 21.1 Å². The minimum absolute atomic E-state index is 0.207. The lowest BCUT2D eigenvalue weighted by Crippen LogP contribution is -2.28. The summed E-state index contributed by atoms with van der Waals surface area (Å²) in [6.45, 7) is 19.8. The van der Waals surface area contributed by atoms with Gasteiger partial charge in [0.1, 0.15) is 13.2 Å². The molecule has 52 heavy (non-hydrogen) atoms. The number of aliphatic hydroxyl groups is 1. The summed E-state index contributed by atoms with van der Waals surface area (Å²) in [5.74, 6) is 2.05. The largest absolute Gasteiger partial charge is 0.489 e. The van der Waals surface area contributed by atoms with Crippen molar-refractivity contribution in [1.29, 1.82) is 0 Å². The van der Waals surface area contributed by atoms with Crippen LogP contribution in [0.2, 0.25) is 0 Å². The second-order valence-corrected chi connectivity index (χ2v) is 14.1. The van der Waals surface area contributed by atoms with Gasteiger partial charge in [0.05, 0.1) is 97.3 Å². The summed E-state index contributed by atoms with van der Waals surface area (Å²) >= 11 is 0. The van der Waals surface area contributed by atoms with Gasteiger partial charge in [0.25, 0.3) is 0 Å². The highest BCUT2D eigenvalue weighted by Crippen LogP contribution is 2.38. The normalized spacial score (nSPS) is 16.2. The molecule has 0 saturated heterocycles. The van der Waals surface area contributed by atoms with Gasteiger partial charge in [-0.05, 0) is 31.0 Å². The van der Waals surface area contributed by atoms with Gasteiger partial charge < -0.3 is 52.5 Å². The molecule has 0 atom stereocenters. The molecule has 2 aromatic carbocycles. The van der Waals surface area contributed by atoms with Crippen LogP contribution < -0.4 is 18.9 Å². The summed E-state index contributed by atoms with van der Waals surface area (Å²) < 4.78 is 58.7. The van der Waals surface area contributed by atoms with Crippen molar-refractivity contribution in [3.8, 4) is 23.0 Å². The first kappa shape index (κ1) is 43.4. The van der Waals surface area contributed by atoms with Crippen LogP contribution in [0.1, 0.15) is 59.9 Å². The molecule has 294 valence electrons. The first-order chi connectivity index (χ1) is 25.2. The van der Waals surface area contributed by atoms with Gasteiger partial charge in [0, 0.05) is 41.7 Å². The molecule has 1 N–H and O–H groups in total. The molecule has 0 saturated carbocycles. The number of benzene rings is 2. The van der Waals surface area contributed by atoms with Crippen LogP contribution in [-0.4, -0.2) is 111 Å². The maximum atomic E-state index is 10.3. The summed E-state index contributed by atoms with van der Waals surface area (Å²) in [6, 6.07) is 8.86. The molecule has 0 aliphatic carbocycles. The summed E-state index contributed by atoms with van der Waals surface area (Å²) in [7, 11) is 0. The fourth-order valence-electron chi connectivity index (χ4n) is 4.74. The van der Waals surface area contributed by atoms with Crippen LogP contribution in [0.5, 0.6) is 23.0 Å². The average molecular weight is 735 g/mol. The Kier molecular flexibility index (Phi) is 20.3. The molecule has 1 aliphatic heterocycles. The molecule has 0 aromatic heterocycles. The molecule has 0 fully saturated rings. The van der Waals surface area contributed by atoms with Crippen LogP contribution in [0.3, 0.4) is 0 Å². The molecule has 0 unspecified atom stereocenters.